The van der Waals surface area contributed by atoms with Gasteiger partial charge in [0.15, 0.2) is 11.7 Å². The molecule has 2 N–H and O–H groups in total. The number of unbranched alkanes of at least 4 members (excludes halogenated alkanes) is 4. The fraction of sp³-hybridized carbons (Fsp3) is 0.810. The van der Waals surface area contributed by atoms with Crippen molar-refractivity contribution in [1.29, 1.82) is 0 Å². The minimum absolute atomic E-state index is 0.482. The highest BCUT2D eigenvalue weighted by Crippen LogP contribution is 2.22. The Kier molecular flexibility index (Phi) is 12.6. The van der Waals surface area contributed by atoms with Crippen molar-refractivity contribution in [3.05, 3.63) is 17.5 Å². The van der Waals surface area contributed by atoms with Gasteiger partial charge >= 0.3 is 0 Å². The van der Waals surface area contributed by atoms with Gasteiger partial charge in [0.1, 0.15) is 6.54 Å². The Morgan fingerprint density at radius 3 is 2.44 bits per heavy atom. The third-order valence-corrected chi connectivity index (χ3v) is 4.79. The molecule has 6 nitrogen and oxygen atoms in total. The number of nitrogens with one attached hydrogen (secondary N) is 2. The lowest BCUT2D eigenvalue weighted by molar-refractivity contribution is 0.372. The highest BCUT2D eigenvalue weighted by Gasteiger charge is 2.12. The maximum Gasteiger partial charge on any atom is 0.191 e. The first-order chi connectivity index (χ1) is 13.1. The fourth-order valence-corrected chi connectivity index (χ4v) is 3.09. The van der Waals surface area contributed by atoms with Crippen molar-refractivity contribution in [1.82, 2.24) is 20.7 Å². The molecule has 0 bridgehead atoms. The number of aromatic nitrogens is 1. The predicted molar refractivity (Wildman–Crippen MR) is 114 cm³/mol. The standard InChI is InChI=1S/C21H41N5O/c1-6-18(7-2)20-16-19(27-25-20)17-24-21(22-8-3)23-14-12-10-9-11-13-15-26(4)5/h16,18H,6-15,17H2,1-5H3,(H2,22,23,24). The Bertz CT molecular complexity index is 508. The zero-order valence-corrected chi connectivity index (χ0v) is 18.2. The van der Waals surface area contributed by atoms with E-state index in [1.165, 1.54) is 38.6 Å². The molecule has 1 aromatic rings. The smallest absolute Gasteiger partial charge is 0.191 e. The third-order valence-electron chi connectivity index (χ3n) is 4.79. The lowest BCUT2D eigenvalue weighted by atomic mass is 9.99. The first kappa shape index (κ1) is 23.5. The number of hydrogen-bond acceptors (Lipinski definition) is 4. The molecule has 1 rings (SSSR count). The summed E-state index contributed by atoms with van der Waals surface area (Å²) in [5.41, 5.74) is 1.05. The van der Waals surface area contributed by atoms with E-state index in [2.05, 4.69) is 66.6 Å². The Balaban J connectivity index is 2.31. The second-order valence-electron chi connectivity index (χ2n) is 7.42. The summed E-state index contributed by atoms with van der Waals surface area (Å²) in [6, 6.07) is 2.05. The van der Waals surface area contributed by atoms with Gasteiger partial charge in [-0.15, -0.1) is 0 Å². The fourth-order valence-electron chi connectivity index (χ4n) is 3.09. The molecule has 0 aliphatic heterocycles. The quantitative estimate of drug-likeness (QED) is 0.289. The van der Waals surface area contributed by atoms with E-state index >= 15 is 0 Å². The van der Waals surface area contributed by atoms with E-state index in [0.717, 1.165) is 43.3 Å². The molecule has 0 aliphatic carbocycles. The monoisotopic (exact) mass is 379 g/mol. The molecular weight excluding hydrogens is 338 g/mol. The number of aliphatic imine (C=N–C) groups is 1. The van der Waals surface area contributed by atoms with Crippen molar-refractivity contribution in [2.24, 2.45) is 4.99 Å². The molecule has 0 saturated carbocycles. The van der Waals surface area contributed by atoms with Gasteiger partial charge in [-0.25, -0.2) is 4.99 Å². The van der Waals surface area contributed by atoms with Gasteiger partial charge in [0, 0.05) is 25.1 Å². The van der Waals surface area contributed by atoms with Crippen LogP contribution in [0.1, 0.15) is 83.1 Å². The Morgan fingerprint density at radius 1 is 1.07 bits per heavy atom. The molecule has 0 amide bonds. The van der Waals surface area contributed by atoms with Crippen LogP contribution in [0.3, 0.4) is 0 Å². The molecule has 0 aromatic carbocycles. The van der Waals surface area contributed by atoms with Crippen LogP contribution in [0.25, 0.3) is 0 Å². The summed E-state index contributed by atoms with van der Waals surface area (Å²) in [5.74, 6) is 2.16. The van der Waals surface area contributed by atoms with E-state index < -0.39 is 0 Å². The van der Waals surface area contributed by atoms with Gasteiger partial charge in [0.25, 0.3) is 0 Å². The number of nitrogens with zero attached hydrogens (tertiary/aromatic N) is 3. The average Bonchev–Trinajstić information content (AvgIpc) is 3.11. The largest absolute Gasteiger partial charge is 0.359 e. The molecule has 0 unspecified atom stereocenters. The number of rotatable bonds is 14. The van der Waals surface area contributed by atoms with E-state index in [0.29, 0.717) is 12.5 Å². The summed E-state index contributed by atoms with van der Waals surface area (Å²) < 4.78 is 5.46. The first-order valence-electron chi connectivity index (χ1n) is 10.7. The molecule has 6 heteroatoms. The van der Waals surface area contributed by atoms with Gasteiger partial charge in [-0.1, -0.05) is 38.3 Å². The van der Waals surface area contributed by atoms with Crippen LogP contribution < -0.4 is 10.6 Å². The minimum atomic E-state index is 0.482. The van der Waals surface area contributed by atoms with Gasteiger partial charge < -0.3 is 20.1 Å². The molecule has 0 spiro atoms. The zero-order valence-electron chi connectivity index (χ0n) is 18.2. The third kappa shape index (κ3) is 10.4. The van der Waals surface area contributed by atoms with E-state index in [4.69, 9.17) is 4.52 Å². The maximum absolute atomic E-state index is 5.46. The number of hydrogen-bond donors (Lipinski definition) is 2. The lowest BCUT2D eigenvalue weighted by Crippen LogP contribution is -2.37. The van der Waals surface area contributed by atoms with Crippen LogP contribution in [0.2, 0.25) is 0 Å². The molecule has 0 aliphatic rings. The molecule has 0 radical (unpaired) electrons. The van der Waals surface area contributed by atoms with Crippen molar-refractivity contribution in [2.45, 2.75) is 78.2 Å². The molecule has 27 heavy (non-hydrogen) atoms. The SMILES string of the molecule is CCNC(=NCc1cc(C(CC)CC)no1)NCCCCCCCN(C)C. The Labute approximate surface area is 166 Å². The van der Waals surface area contributed by atoms with Crippen LogP contribution >= 0.6 is 0 Å². The van der Waals surface area contributed by atoms with E-state index in [-0.39, 0.29) is 0 Å². The topological polar surface area (TPSA) is 65.7 Å². The van der Waals surface area contributed by atoms with Crippen LogP contribution in [0.5, 0.6) is 0 Å². The van der Waals surface area contributed by atoms with Crippen molar-refractivity contribution >= 4 is 5.96 Å². The van der Waals surface area contributed by atoms with Gasteiger partial charge in [0.05, 0.1) is 5.69 Å². The summed E-state index contributed by atoms with van der Waals surface area (Å²) in [5, 5.41) is 10.9. The van der Waals surface area contributed by atoms with Gasteiger partial charge in [-0.3, -0.25) is 0 Å². The molecule has 156 valence electrons. The highest BCUT2D eigenvalue weighted by atomic mass is 16.5. The number of guanidine groups is 1. The van der Waals surface area contributed by atoms with Crippen molar-refractivity contribution in [3.63, 3.8) is 0 Å². The van der Waals surface area contributed by atoms with Gasteiger partial charge in [-0.05, 0) is 53.2 Å². The lowest BCUT2D eigenvalue weighted by Gasteiger charge is -2.11. The predicted octanol–water partition coefficient (Wildman–Crippen LogP) is 4.15. The first-order valence-corrected chi connectivity index (χ1v) is 10.7. The Hall–Kier alpha value is -1.56. The maximum atomic E-state index is 5.46. The van der Waals surface area contributed by atoms with Crippen molar-refractivity contribution < 1.29 is 4.52 Å². The van der Waals surface area contributed by atoms with Crippen LogP contribution in [0, 0.1) is 0 Å². The van der Waals surface area contributed by atoms with Gasteiger partial charge in [0.2, 0.25) is 0 Å². The summed E-state index contributed by atoms with van der Waals surface area (Å²) in [7, 11) is 4.27. The van der Waals surface area contributed by atoms with Crippen LogP contribution in [-0.4, -0.2) is 49.7 Å². The van der Waals surface area contributed by atoms with Crippen LogP contribution in [-0.2, 0) is 6.54 Å². The molecule has 0 fully saturated rings. The van der Waals surface area contributed by atoms with Crippen LogP contribution in [0.15, 0.2) is 15.6 Å². The normalized spacial score (nSPS) is 12.2. The van der Waals surface area contributed by atoms with E-state index in [1.807, 2.05) is 0 Å². The summed E-state index contributed by atoms with van der Waals surface area (Å²) in [4.78, 5) is 6.88. The van der Waals surface area contributed by atoms with E-state index in [9.17, 15) is 0 Å². The summed E-state index contributed by atoms with van der Waals surface area (Å²) in [6.45, 7) is 9.98. The minimum Gasteiger partial charge on any atom is -0.359 e. The van der Waals surface area contributed by atoms with Crippen LogP contribution in [0.4, 0.5) is 0 Å². The van der Waals surface area contributed by atoms with Crippen molar-refractivity contribution in [2.75, 3.05) is 33.7 Å². The molecule has 1 aromatic heterocycles. The molecule has 0 atom stereocenters. The summed E-state index contributed by atoms with van der Waals surface area (Å²) in [6.07, 6.45) is 8.53. The molecule has 1 heterocycles. The molecule has 0 saturated heterocycles. The second kappa shape index (κ2) is 14.5. The molecular formula is C21H41N5O. The second-order valence-corrected chi connectivity index (χ2v) is 7.42. The van der Waals surface area contributed by atoms with Crippen molar-refractivity contribution in [3.8, 4) is 0 Å². The highest BCUT2D eigenvalue weighted by molar-refractivity contribution is 5.79. The summed E-state index contributed by atoms with van der Waals surface area (Å²) >= 11 is 0. The zero-order chi connectivity index (χ0) is 19.9. The average molecular weight is 380 g/mol. The van der Waals surface area contributed by atoms with Gasteiger partial charge in [-0.2, -0.15) is 0 Å². The van der Waals surface area contributed by atoms with E-state index in [1.54, 1.807) is 0 Å². The Morgan fingerprint density at radius 2 is 1.78 bits per heavy atom.